The summed E-state index contributed by atoms with van der Waals surface area (Å²) in [7, 11) is 0. The lowest BCUT2D eigenvalue weighted by molar-refractivity contribution is -0.125. The average Bonchev–Trinajstić information content (AvgIpc) is 2.53. The summed E-state index contributed by atoms with van der Waals surface area (Å²) in [5.74, 6) is -0.0103. The summed E-state index contributed by atoms with van der Waals surface area (Å²) in [4.78, 5) is 28.8. The Morgan fingerprint density at radius 1 is 1.19 bits per heavy atom. The van der Waals surface area contributed by atoms with E-state index in [1.165, 1.54) is 0 Å². The maximum absolute atomic E-state index is 12.5. The fourth-order valence-corrected chi connectivity index (χ4v) is 3.14. The van der Waals surface area contributed by atoms with E-state index in [0.29, 0.717) is 17.3 Å². The Bertz CT molecular complexity index is 637. The predicted molar refractivity (Wildman–Crippen MR) is 105 cm³/mol. The van der Waals surface area contributed by atoms with E-state index in [1.807, 2.05) is 39.8 Å². The van der Waals surface area contributed by atoms with Gasteiger partial charge in [-0.05, 0) is 45.9 Å². The average molecular weight is 381 g/mol. The fraction of sp³-hybridized carbons (Fsp3) is 0.579. The van der Waals surface area contributed by atoms with Gasteiger partial charge in [-0.1, -0.05) is 17.7 Å². The molecular formula is C19H29ClN4O2. The highest BCUT2D eigenvalue weighted by molar-refractivity contribution is 6.30. The molecule has 1 fully saturated rings. The molecule has 0 aliphatic carbocycles. The molecule has 2 rings (SSSR count). The Morgan fingerprint density at radius 3 is 2.42 bits per heavy atom. The molecule has 1 unspecified atom stereocenters. The zero-order valence-corrected chi connectivity index (χ0v) is 16.8. The predicted octanol–water partition coefficient (Wildman–Crippen LogP) is 2.20. The van der Waals surface area contributed by atoms with E-state index in [1.54, 1.807) is 12.1 Å². The molecular weight excluding hydrogens is 352 g/mol. The van der Waals surface area contributed by atoms with Crippen molar-refractivity contribution in [3.8, 4) is 0 Å². The van der Waals surface area contributed by atoms with Crippen LogP contribution >= 0.6 is 11.6 Å². The van der Waals surface area contributed by atoms with Gasteiger partial charge in [-0.3, -0.25) is 19.4 Å². The normalized spacial score (nSPS) is 17.6. The molecule has 1 aliphatic rings. The van der Waals surface area contributed by atoms with E-state index in [-0.39, 0.29) is 23.4 Å². The van der Waals surface area contributed by atoms with Crippen LogP contribution in [0.5, 0.6) is 0 Å². The highest BCUT2D eigenvalue weighted by Crippen LogP contribution is 2.16. The van der Waals surface area contributed by atoms with Gasteiger partial charge in [0.15, 0.2) is 0 Å². The van der Waals surface area contributed by atoms with Crippen LogP contribution < -0.4 is 10.6 Å². The SMILES string of the molecule is CC(C(=O)Nc1cccc(Cl)c1)N1CCN(CC(=O)NC(C)(C)C)CC1. The lowest BCUT2D eigenvalue weighted by Crippen LogP contribution is -2.55. The summed E-state index contributed by atoms with van der Waals surface area (Å²) in [5, 5.41) is 6.48. The Kier molecular flexibility index (Phi) is 7.03. The van der Waals surface area contributed by atoms with Gasteiger partial charge in [0.25, 0.3) is 0 Å². The minimum absolute atomic E-state index is 0.0395. The van der Waals surface area contributed by atoms with Gasteiger partial charge in [0.1, 0.15) is 0 Å². The molecule has 0 aromatic heterocycles. The molecule has 1 aromatic carbocycles. The minimum atomic E-state index is -0.237. The molecule has 0 spiro atoms. The molecule has 0 radical (unpaired) electrons. The van der Waals surface area contributed by atoms with Gasteiger partial charge in [0.2, 0.25) is 11.8 Å². The lowest BCUT2D eigenvalue weighted by atomic mass is 10.1. The van der Waals surface area contributed by atoms with Crippen LogP contribution in [0, 0.1) is 0 Å². The first-order valence-electron chi connectivity index (χ1n) is 8.98. The number of halogens is 1. The number of amides is 2. The number of rotatable bonds is 5. The van der Waals surface area contributed by atoms with Crippen molar-refractivity contribution < 1.29 is 9.59 Å². The lowest BCUT2D eigenvalue weighted by Gasteiger charge is -2.37. The number of nitrogens with zero attached hydrogens (tertiary/aromatic N) is 2. The molecule has 1 saturated heterocycles. The summed E-state index contributed by atoms with van der Waals surface area (Å²) in [6, 6.07) is 6.90. The largest absolute Gasteiger partial charge is 0.350 e. The molecule has 1 atom stereocenters. The number of anilines is 1. The van der Waals surface area contributed by atoms with Crippen molar-refractivity contribution in [1.29, 1.82) is 0 Å². The number of hydrogen-bond acceptors (Lipinski definition) is 4. The van der Waals surface area contributed by atoms with Crippen molar-refractivity contribution in [3.05, 3.63) is 29.3 Å². The smallest absolute Gasteiger partial charge is 0.241 e. The molecule has 1 aromatic rings. The maximum atomic E-state index is 12.5. The van der Waals surface area contributed by atoms with E-state index >= 15 is 0 Å². The van der Waals surface area contributed by atoms with Gasteiger partial charge < -0.3 is 10.6 Å². The second-order valence-electron chi connectivity index (χ2n) is 7.79. The van der Waals surface area contributed by atoms with Gasteiger partial charge in [-0.15, -0.1) is 0 Å². The fourth-order valence-electron chi connectivity index (χ4n) is 2.95. The van der Waals surface area contributed by atoms with Gasteiger partial charge in [0, 0.05) is 42.4 Å². The van der Waals surface area contributed by atoms with Crippen LogP contribution in [0.15, 0.2) is 24.3 Å². The van der Waals surface area contributed by atoms with Crippen LogP contribution in [0.3, 0.4) is 0 Å². The van der Waals surface area contributed by atoms with E-state index in [2.05, 4.69) is 20.4 Å². The third kappa shape index (κ3) is 6.59. The number of piperazine rings is 1. The summed E-state index contributed by atoms with van der Waals surface area (Å²) in [5.41, 5.74) is 0.484. The van der Waals surface area contributed by atoms with Gasteiger partial charge in [-0.25, -0.2) is 0 Å². The maximum Gasteiger partial charge on any atom is 0.241 e. The standard InChI is InChI=1S/C19H29ClN4O2/c1-14(18(26)21-16-7-5-6-15(20)12-16)24-10-8-23(9-11-24)13-17(25)22-19(2,3)4/h5-7,12,14H,8-11,13H2,1-4H3,(H,21,26)(H,22,25). The van der Waals surface area contributed by atoms with Crippen LogP contribution in [0.25, 0.3) is 0 Å². The number of nitrogens with one attached hydrogen (secondary N) is 2. The van der Waals surface area contributed by atoms with Crippen LogP contribution in [0.2, 0.25) is 5.02 Å². The Morgan fingerprint density at radius 2 is 1.85 bits per heavy atom. The number of carbonyl (C=O) groups is 2. The highest BCUT2D eigenvalue weighted by Gasteiger charge is 2.27. The molecule has 26 heavy (non-hydrogen) atoms. The second-order valence-corrected chi connectivity index (χ2v) is 8.22. The van der Waals surface area contributed by atoms with Gasteiger partial charge >= 0.3 is 0 Å². The summed E-state index contributed by atoms with van der Waals surface area (Å²) in [6.07, 6.45) is 0. The van der Waals surface area contributed by atoms with Crippen molar-refractivity contribution in [1.82, 2.24) is 15.1 Å². The van der Waals surface area contributed by atoms with Gasteiger partial charge in [0.05, 0.1) is 12.6 Å². The third-order valence-corrected chi connectivity index (χ3v) is 4.54. The molecule has 0 saturated carbocycles. The first-order chi connectivity index (χ1) is 12.1. The van der Waals surface area contributed by atoms with E-state index in [9.17, 15) is 9.59 Å². The molecule has 144 valence electrons. The van der Waals surface area contributed by atoms with Crippen LogP contribution in [0.4, 0.5) is 5.69 Å². The molecule has 7 heteroatoms. The van der Waals surface area contributed by atoms with Crippen LogP contribution in [-0.4, -0.2) is 65.9 Å². The Labute approximate surface area is 160 Å². The summed E-state index contributed by atoms with van der Waals surface area (Å²) >= 11 is 5.95. The number of hydrogen-bond donors (Lipinski definition) is 2. The zero-order chi connectivity index (χ0) is 19.3. The van der Waals surface area contributed by atoms with Crippen molar-refractivity contribution in [3.63, 3.8) is 0 Å². The molecule has 2 N–H and O–H groups in total. The molecule has 6 nitrogen and oxygen atoms in total. The Balaban J connectivity index is 1.79. The molecule has 1 aliphatic heterocycles. The van der Waals surface area contributed by atoms with E-state index in [0.717, 1.165) is 26.2 Å². The third-order valence-electron chi connectivity index (χ3n) is 4.31. The second kappa shape index (κ2) is 8.84. The van der Waals surface area contributed by atoms with Gasteiger partial charge in [-0.2, -0.15) is 0 Å². The molecule has 2 amide bonds. The molecule has 1 heterocycles. The Hall–Kier alpha value is -1.63. The first kappa shape index (κ1) is 20.7. The number of benzene rings is 1. The van der Waals surface area contributed by atoms with Crippen molar-refractivity contribution in [2.45, 2.75) is 39.3 Å². The van der Waals surface area contributed by atoms with Crippen molar-refractivity contribution in [2.24, 2.45) is 0 Å². The van der Waals surface area contributed by atoms with Crippen LogP contribution in [0.1, 0.15) is 27.7 Å². The highest BCUT2D eigenvalue weighted by atomic mass is 35.5. The van der Waals surface area contributed by atoms with Crippen molar-refractivity contribution >= 4 is 29.1 Å². The topological polar surface area (TPSA) is 64.7 Å². The molecule has 0 bridgehead atoms. The van der Waals surface area contributed by atoms with Crippen molar-refractivity contribution in [2.75, 3.05) is 38.0 Å². The number of carbonyl (C=O) groups excluding carboxylic acids is 2. The first-order valence-corrected chi connectivity index (χ1v) is 9.36. The monoisotopic (exact) mass is 380 g/mol. The van der Waals surface area contributed by atoms with E-state index in [4.69, 9.17) is 11.6 Å². The summed E-state index contributed by atoms with van der Waals surface area (Å²) in [6.45, 7) is 11.3. The van der Waals surface area contributed by atoms with Crippen LogP contribution in [-0.2, 0) is 9.59 Å². The van der Waals surface area contributed by atoms with E-state index < -0.39 is 0 Å². The quantitative estimate of drug-likeness (QED) is 0.822. The summed E-state index contributed by atoms with van der Waals surface area (Å²) < 4.78 is 0. The minimum Gasteiger partial charge on any atom is -0.350 e. The zero-order valence-electron chi connectivity index (χ0n) is 16.0.